The van der Waals surface area contributed by atoms with Crippen molar-refractivity contribution in [2.75, 3.05) is 31.1 Å². The summed E-state index contributed by atoms with van der Waals surface area (Å²) in [6.07, 6.45) is 3.54. The number of carbonyl (C=O) groups excluding carboxylic acids is 1. The normalized spacial score (nSPS) is 13.9. The SMILES string of the molecule is O=C(c1cc(-c2cccnc2)n(-c2ccccc2)n1)N1CCN(c2ccccc2)CC1. The molecule has 0 atom stereocenters. The first-order valence-corrected chi connectivity index (χ1v) is 10.4. The number of benzene rings is 2. The predicted octanol–water partition coefficient (Wildman–Crippen LogP) is 3.90. The van der Waals surface area contributed by atoms with Crippen molar-refractivity contribution in [1.82, 2.24) is 19.7 Å². The van der Waals surface area contributed by atoms with Crippen LogP contribution in [-0.4, -0.2) is 51.8 Å². The number of hydrogen-bond acceptors (Lipinski definition) is 4. The second-order valence-corrected chi connectivity index (χ2v) is 7.52. The van der Waals surface area contributed by atoms with Crippen molar-refractivity contribution in [1.29, 1.82) is 0 Å². The van der Waals surface area contributed by atoms with Gasteiger partial charge in [-0.15, -0.1) is 0 Å². The van der Waals surface area contributed by atoms with Gasteiger partial charge in [0.05, 0.1) is 11.4 Å². The van der Waals surface area contributed by atoms with Crippen molar-refractivity contribution in [2.24, 2.45) is 0 Å². The Morgan fingerprint density at radius 2 is 1.45 bits per heavy atom. The molecule has 3 heterocycles. The van der Waals surface area contributed by atoms with Gasteiger partial charge in [0.15, 0.2) is 5.69 Å². The zero-order chi connectivity index (χ0) is 21.0. The number of pyridine rings is 1. The molecule has 1 amide bonds. The summed E-state index contributed by atoms with van der Waals surface area (Å²) in [4.78, 5) is 21.7. The highest BCUT2D eigenvalue weighted by molar-refractivity contribution is 5.93. The van der Waals surface area contributed by atoms with E-state index < -0.39 is 0 Å². The quantitative estimate of drug-likeness (QED) is 0.513. The molecule has 0 unspecified atom stereocenters. The summed E-state index contributed by atoms with van der Waals surface area (Å²) in [6.45, 7) is 2.97. The third-order valence-electron chi connectivity index (χ3n) is 5.57. The van der Waals surface area contributed by atoms with Crippen LogP contribution in [0.5, 0.6) is 0 Å². The fraction of sp³-hybridized carbons (Fsp3) is 0.160. The van der Waals surface area contributed by atoms with Gasteiger partial charge in [-0.1, -0.05) is 36.4 Å². The van der Waals surface area contributed by atoms with Gasteiger partial charge in [-0.05, 0) is 42.5 Å². The molecule has 2 aromatic heterocycles. The standard InChI is InChI=1S/C25H23N5O/c31-25(29-16-14-28(15-17-29)21-9-3-1-4-10-21)23-18-24(20-8-7-13-26-19-20)30(27-23)22-11-5-2-6-12-22/h1-13,18-19H,14-17H2. The first-order chi connectivity index (χ1) is 15.3. The van der Waals surface area contributed by atoms with E-state index in [1.807, 2.05) is 76.3 Å². The predicted molar refractivity (Wildman–Crippen MR) is 121 cm³/mol. The molecule has 0 N–H and O–H groups in total. The van der Waals surface area contributed by atoms with Crippen molar-refractivity contribution >= 4 is 11.6 Å². The number of carbonyl (C=O) groups is 1. The number of aromatic nitrogens is 3. The Morgan fingerprint density at radius 3 is 2.10 bits per heavy atom. The fourth-order valence-electron chi connectivity index (χ4n) is 3.94. The van der Waals surface area contributed by atoms with Crippen LogP contribution in [0.1, 0.15) is 10.5 Å². The van der Waals surface area contributed by atoms with Crippen molar-refractivity contribution in [3.63, 3.8) is 0 Å². The number of anilines is 1. The summed E-state index contributed by atoms with van der Waals surface area (Å²) in [5, 5.41) is 4.69. The van der Waals surface area contributed by atoms with E-state index in [-0.39, 0.29) is 5.91 Å². The molecular weight excluding hydrogens is 386 g/mol. The lowest BCUT2D eigenvalue weighted by Crippen LogP contribution is -2.48. The van der Waals surface area contributed by atoms with Gasteiger partial charge in [0.1, 0.15) is 0 Å². The molecule has 6 nitrogen and oxygen atoms in total. The highest BCUT2D eigenvalue weighted by Gasteiger charge is 2.25. The molecule has 2 aromatic carbocycles. The fourth-order valence-corrected chi connectivity index (χ4v) is 3.94. The van der Waals surface area contributed by atoms with Crippen LogP contribution in [0.3, 0.4) is 0 Å². The molecule has 0 saturated carbocycles. The summed E-state index contributed by atoms with van der Waals surface area (Å²) in [5.74, 6) is -0.0347. The van der Waals surface area contributed by atoms with Gasteiger partial charge in [0, 0.05) is 49.8 Å². The van der Waals surface area contributed by atoms with Crippen LogP contribution in [0, 0.1) is 0 Å². The third-order valence-corrected chi connectivity index (χ3v) is 5.57. The largest absolute Gasteiger partial charge is 0.368 e. The van der Waals surface area contributed by atoms with E-state index >= 15 is 0 Å². The minimum absolute atomic E-state index is 0.0347. The number of hydrogen-bond donors (Lipinski definition) is 0. The van der Waals surface area contributed by atoms with Gasteiger partial charge in [0.2, 0.25) is 0 Å². The van der Waals surface area contributed by atoms with E-state index in [9.17, 15) is 4.79 Å². The van der Waals surface area contributed by atoms with Crippen LogP contribution in [0.2, 0.25) is 0 Å². The second kappa shape index (κ2) is 8.44. The highest BCUT2D eigenvalue weighted by Crippen LogP contribution is 2.24. The van der Waals surface area contributed by atoms with E-state index in [4.69, 9.17) is 5.10 Å². The molecule has 0 bridgehead atoms. The maximum Gasteiger partial charge on any atom is 0.274 e. The van der Waals surface area contributed by atoms with Gasteiger partial charge in [-0.2, -0.15) is 5.10 Å². The van der Waals surface area contributed by atoms with Crippen molar-refractivity contribution in [3.8, 4) is 16.9 Å². The van der Waals surface area contributed by atoms with E-state index in [2.05, 4.69) is 22.0 Å². The number of piperazine rings is 1. The second-order valence-electron chi connectivity index (χ2n) is 7.52. The van der Waals surface area contributed by atoms with Gasteiger partial charge >= 0.3 is 0 Å². The zero-order valence-corrected chi connectivity index (χ0v) is 17.1. The molecule has 0 aliphatic carbocycles. The molecular formula is C25H23N5O. The van der Waals surface area contributed by atoms with Gasteiger partial charge in [0.25, 0.3) is 5.91 Å². The molecule has 1 fully saturated rings. The molecule has 1 saturated heterocycles. The zero-order valence-electron chi connectivity index (χ0n) is 17.1. The van der Waals surface area contributed by atoms with Crippen molar-refractivity contribution in [2.45, 2.75) is 0 Å². The Labute approximate surface area is 181 Å². The number of para-hydroxylation sites is 2. The van der Waals surface area contributed by atoms with Crippen molar-refractivity contribution < 1.29 is 4.79 Å². The van der Waals surface area contributed by atoms with Gasteiger partial charge in [-0.3, -0.25) is 9.78 Å². The number of amides is 1. The third kappa shape index (κ3) is 3.92. The van der Waals surface area contributed by atoms with Crippen LogP contribution >= 0.6 is 0 Å². The minimum Gasteiger partial charge on any atom is -0.368 e. The van der Waals surface area contributed by atoms with Gasteiger partial charge < -0.3 is 9.80 Å². The Balaban J connectivity index is 1.40. The van der Waals surface area contributed by atoms with Crippen LogP contribution in [-0.2, 0) is 0 Å². The molecule has 5 rings (SSSR count). The lowest BCUT2D eigenvalue weighted by Gasteiger charge is -2.35. The van der Waals surface area contributed by atoms with Crippen LogP contribution < -0.4 is 4.90 Å². The maximum absolute atomic E-state index is 13.3. The Bertz CT molecular complexity index is 1090. The van der Waals surface area contributed by atoms with E-state index in [0.29, 0.717) is 18.8 Å². The molecule has 4 aromatic rings. The minimum atomic E-state index is -0.0347. The van der Waals surface area contributed by atoms with Crippen LogP contribution in [0.25, 0.3) is 16.9 Å². The molecule has 1 aliphatic rings. The molecule has 0 spiro atoms. The Kier molecular flexibility index (Phi) is 5.19. The summed E-state index contributed by atoms with van der Waals surface area (Å²) in [5.41, 5.74) is 4.34. The molecule has 0 radical (unpaired) electrons. The molecule has 154 valence electrons. The lowest BCUT2D eigenvalue weighted by atomic mass is 10.2. The summed E-state index contributed by atoms with van der Waals surface area (Å²) in [6, 6.07) is 25.9. The maximum atomic E-state index is 13.3. The first kappa shape index (κ1) is 19.1. The average Bonchev–Trinajstić information content (AvgIpc) is 3.31. The van der Waals surface area contributed by atoms with Crippen molar-refractivity contribution in [3.05, 3.63) is 97.0 Å². The average molecular weight is 409 g/mol. The highest BCUT2D eigenvalue weighted by atomic mass is 16.2. The van der Waals surface area contributed by atoms with Crippen LogP contribution in [0.4, 0.5) is 5.69 Å². The molecule has 31 heavy (non-hydrogen) atoms. The lowest BCUT2D eigenvalue weighted by molar-refractivity contribution is 0.0740. The summed E-state index contributed by atoms with van der Waals surface area (Å²) < 4.78 is 1.82. The van der Waals surface area contributed by atoms with Crippen LogP contribution in [0.15, 0.2) is 91.3 Å². The van der Waals surface area contributed by atoms with E-state index in [1.165, 1.54) is 5.69 Å². The number of nitrogens with zero attached hydrogens (tertiary/aromatic N) is 5. The molecule has 1 aliphatic heterocycles. The smallest absolute Gasteiger partial charge is 0.274 e. The topological polar surface area (TPSA) is 54.3 Å². The van der Waals surface area contributed by atoms with E-state index in [1.54, 1.807) is 12.4 Å². The summed E-state index contributed by atoms with van der Waals surface area (Å²) >= 11 is 0. The first-order valence-electron chi connectivity index (χ1n) is 10.4. The van der Waals surface area contributed by atoms with E-state index in [0.717, 1.165) is 30.0 Å². The number of rotatable bonds is 4. The monoisotopic (exact) mass is 409 g/mol. The Hall–Kier alpha value is -3.93. The summed E-state index contributed by atoms with van der Waals surface area (Å²) in [7, 11) is 0. The molecule has 6 heteroatoms. The Morgan fingerprint density at radius 1 is 0.774 bits per heavy atom. The van der Waals surface area contributed by atoms with Gasteiger partial charge in [-0.25, -0.2) is 4.68 Å².